The van der Waals surface area contributed by atoms with Crippen molar-refractivity contribution < 1.29 is 27.4 Å². The van der Waals surface area contributed by atoms with Crippen LogP contribution in [0.1, 0.15) is 5.69 Å². The SMILES string of the molecule is COc1ccc(-c2cc(C(F)(F)F)nc(-n3nc(-c4cccc(OC)c4)c(Cl)c3-c3cccc(OC)c3)n2)cc1. The van der Waals surface area contributed by atoms with Gasteiger partial charge in [0.15, 0.2) is 5.69 Å². The van der Waals surface area contributed by atoms with Gasteiger partial charge in [0.2, 0.25) is 0 Å². The van der Waals surface area contributed by atoms with Crippen LogP contribution in [-0.4, -0.2) is 41.1 Å². The molecule has 2 aromatic heterocycles. The normalized spacial score (nSPS) is 11.4. The monoisotopic (exact) mass is 566 g/mol. The fraction of sp³-hybridized carbons (Fsp3) is 0.138. The Bertz CT molecular complexity index is 1670. The second-order valence-corrected chi connectivity index (χ2v) is 8.93. The minimum atomic E-state index is -4.75. The molecule has 0 radical (unpaired) electrons. The molecule has 0 aliphatic heterocycles. The summed E-state index contributed by atoms with van der Waals surface area (Å²) in [5, 5.41) is 4.81. The third-order valence-electron chi connectivity index (χ3n) is 6.09. The zero-order valence-corrected chi connectivity index (χ0v) is 22.3. The summed E-state index contributed by atoms with van der Waals surface area (Å²) >= 11 is 6.90. The number of methoxy groups -OCH3 is 3. The smallest absolute Gasteiger partial charge is 0.433 e. The molecule has 40 heavy (non-hydrogen) atoms. The zero-order valence-electron chi connectivity index (χ0n) is 21.5. The van der Waals surface area contributed by atoms with E-state index < -0.39 is 11.9 Å². The van der Waals surface area contributed by atoms with Crippen molar-refractivity contribution in [3.05, 3.63) is 89.6 Å². The van der Waals surface area contributed by atoms with E-state index in [1.54, 1.807) is 72.8 Å². The van der Waals surface area contributed by atoms with Gasteiger partial charge in [0, 0.05) is 16.7 Å². The third kappa shape index (κ3) is 5.30. The van der Waals surface area contributed by atoms with Gasteiger partial charge in [-0.25, -0.2) is 9.97 Å². The van der Waals surface area contributed by atoms with Gasteiger partial charge in [0.05, 0.1) is 37.7 Å². The van der Waals surface area contributed by atoms with E-state index in [-0.39, 0.29) is 16.7 Å². The molecule has 0 saturated carbocycles. The average Bonchev–Trinajstić information content (AvgIpc) is 3.33. The summed E-state index contributed by atoms with van der Waals surface area (Å²) in [4.78, 5) is 8.36. The van der Waals surface area contributed by atoms with Gasteiger partial charge in [-0.15, -0.1) is 0 Å². The Labute approximate surface area is 232 Å². The van der Waals surface area contributed by atoms with Gasteiger partial charge in [-0.05, 0) is 54.6 Å². The van der Waals surface area contributed by atoms with Gasteiger partial charge in [0.1, 0.15) is 22.9 Å². The van der Waals surface area contributed by atoms with Crippen molar-refractivity contribution in [1.82, 2.24) is 19.7 Å². The molecule has 0 aliphatic rings. The van der Waals surface area contributed by atoms with E-state index in [9.17, 15) is 13.2 Å². The summed E-state index contributed by atoms with van der Waals surface area (Å²) < 4.78 is 59.3. The van der Waals surface area contributed by atoms with E-state index in [1.165, 1.54) is 26.0 Å². The average molecular weight is 567 g/mol. The van der Waals surface area contributed by atoms with Crippen LogP contribution in [-0.2, 0) is 6.18 Å². The van der Waals surface area contributed by atoms with E-state index in [0.29, 0.717) is 45.3 Å². The number of hydrogen-bond acceptors (Lipinski definition) is 6. The zero-order chi connectivity index (χ0) is 28.4. The number of aromatic nitrogens is 4. The second kappa shape index (κ2) is 10.9. The van der Waals surface area contributed by atoms with Crippen LogP contribution in [0.15, 0.2) is 78.9 Å². The highest BCUT2D eigenvalue weighted by atomic mass is 35.5. The predicted molar refractivity (Wildman–Crippen MR) is 145 cm³/mol. The number of rotatable bonds is 7. The lowest BCUT2D eigenvalue weighted by Gasteiger charge is -2.13. The predicted octanol–water partition coefficient (Wildman–Crippen LogP) is 7.36. The molecule has 0 bridgehead atoms. The summed E-state index contributed by atoms with van der Waals surface area (Å²) in [6.07, 6.45) is -4.75. The molecule has 0 unspecified atom stereocenters. The Balaban J connectivity index is 1.78. The molecule has 11 heteroatoms. The van der Waals surface area contributed by atoms with Crippen LogP contribution in [0, 0.1) is 0 Å². The third-order valence-corrected chi connectivity index (χ3v) is 6.45. The summed E-state index contributed by atoms with van der Waals surface area (Å²) in [5.74, 6) is 1.32. The largest absolute Gasteiger partial charge is 0.497 e. The molecule has 0 spiro atoms. The lowest BCUT2D eigenvalue weighted by atomic mass is 10.1. The first-order valence-corrected chi connectivity index (χ1v) is 12.3. The van der Waals surface area contributed by atoms with Gasteiger partial charge in [-0.2, -0.15) is 23.0 Å². The van der Waals surface area contributed by atoms with Crippen molar-refractivity contribution in [2.45, 2.75) is 6.18 Å². The number of halogens is 4. The maximum atomic E-state index is 14.1. The summed E-state index contributed by atoms with van der Waals surface area (Å²) in [6.45, 7) is 0. The van der Waals surface area contributed by atoms with Crippen LogP contribution in [0.4, 0.5) is 13.2 Å². The molecular weight excluding hydrogens is 545 g/mol. The van der Waals surface area contributed by atoms with Crippen LogP contribution in [0.3, 0.4) is 0 Å². The number of benzene rings is 3. The first-order chi connectivity index (χ1) is 19.2. The number of ether oxygens (including phenoxy) is 3. The topological polar surface area (TPSA) is 71.3 Å². The highest BCUT2D eigenvalue weighted by molar-refractivity contribution is 6.35. The Hall–Kier alpha value is -4.57. The van der Waals surface area contributed by atoms with Crippen LogP contribution < -0.4 is 14.2 Å². The fourth-order valence-electron chi connectivity index (χ4n) is 4.10. The molecule has 7 nitrogen and oxygen atoms in total. The quantitative estimate of drug-likeness (QED) is 0.205. The van der Waals surface area contributed by atoms with E-state index in [0.717, 1.165) is 6.07 Å². The molecule has 0 saturated heterocycles. The number of alkyl halides is 3. The van der Waals surface area contributed by atoms with Crippen LogP contribution >= 0.6 is 11.6 Å². The highest BCUT2D eigenvalue weighted by Gasteiger charge is 2.35. The maximum absolute atomic E-state index is 14.1. The number of hydrogen-bond donors (Lipinski definition) is 0. The standard InChI is InChI=1S/C29H22ClF3N4O3/c1-38-20-12-10-17(11-13-20)23-16-24(29(31,32)33)35-28(34-23)37-27(19-7-5-9-22(15-19)40-3)25(30)26(36-37)18-6-4-8-21(14-18)39-2/h4-16H,1-3H3. The number of nitrogens with zero attached hydrogens (tertiary/aromatic N) is 4. The van der Waals surface area contributed by atoms with Crippen molar-refractivity contribution in [1.29, 1.82) is 0 Å². The van der Waals surface area contributed by atoms with Crippen molar-refractivity contribution >= 4 is 11.6 Å². The minimum Gasteiger partial charge on any atom is -0.497 e. The van der Waals surface area contributed by atoms with Crippen LogP contribution in [0.2, 0.25) is 5.02 Å². The Kier molecular flexibility index (Phi) is 7.36. The van der Waals surface area contributed by atoms with E-state index in [4.69, 9.17) is 25.8 Å². The summed E-state index contributed by atoms with van der Waals surface area (Å²) in [6, 6.07) is 21.3. The Morgan fingerprint density at radius 1 is 0.700 bits per heavy atom. The molecule has 3 aromatic carbocycles. The molecule has 2 heterocycles. The maximum Gasteiger partial charge on any atom is 0.433 e. The molecule has 0 fully saturated rings. The first-order valence-electron chi connectivity index (χ1n) is 11.9. The van der Waals surface area contributed by atoms with Crippen molar-refractivity contribution in [3.63, 3.8) is 0 Å². The van der Waals surface area contributed by atoms with Gasteiger partial charge in [-0.3, -0.25) is 0 Å². The fourth-order valence-corrected chi connectivity index (χ4v) is 4.44. The van der Waals surface area contributed by atoms with Gasteiger partial charge in [-0.1, -0.05) is 35.9 Å². The summed E-state index contributed by atoms with van der Waals surface area (Å²) in [7, 11) is 4.54. The summed E-state index contributed by atoms with van der Waals surface area (Å²) in [5.41, 5.74) is 1.08. The molecule has 0 aliphatic carbocycles. The van der Waals surface area contributed by atoms with Crippen molar-refractivity contribution in [2.75, 3.05) is 21.3 Å². The molecule has 5 aromatic rings. The van der Waals surface area contributed by atoms with Crippen LogP contribution in [0.5, 0.6) is 17.2 Å². The molecule has 0 N–H and O–H groups in total. The van der Waals surface area contributed by atoms with E-state index in [1.807, 2.05) is 0 Å². The lowest BCUT2D eigenvalue weighted by molar-refractivity contribution is -0.141. The van der Waals surface area contributed by atoms with Gasteiger partial charge >= 0.3 is 6.18 Å². The lowest BCUT2D eigenvalue weighted by Crippen LogP contribution is -2.14. The van der Waals surface area contributed by atoms with E-state index in [2.05, 4.69) is 15.1 Å². The van der Waals surface area contributed by atoms with Crippen LogP contribution in [0.25, 0.3) is 39.7 Å². The molecule has 5 rings (SSSR count). The molecule has 204 valence electrons. The molecule has 0 amide bonds. The van der Waals surface area contributed by atoms with Crippen molar-refractivity contribution in [3.8, 4) is 57.0 Å². The molecular formula is C29H22ClF3N4O3. The minimum absolute atomic E-state index is 0.0473. The van der Waals surface area contributed by atoms with E-state index >= 15 is 0 Å². The van der Waals surface area contributed by atoms with Crippen molar-refractivity contribution in [2.24, 2.45) is 0 Å². The Morgan fingerprint density at radius 2 is 1.30 bits per heavy atom. The first kappa shape index (κ1) is 27.0. The van der Waals surface area contributed by atoms with Gasteiger partial charge in [0.25, 0.3) is 5.95 Å². The molecule has 0 atom stereocenters. The highest BCUT2D eigenvalue weighted by Crippen LogP contribution is 2.40. The Morgan fingerprint density at radius 3 is 1.90 bits per heavy atom. The van der Waals surface area contributed by atoms with Gasteiger partial charge < -0.3 is 14.2 Å². The second-order valence-electron chi connectivity index (χ2n) is 8.55.